The Hall–Kier alpha value is -0.0700. The summed E-state index contributed by atoms with van der Waals surface area (Å²) in [6.07, 6.45) is 0. The van der Waals surface area contributed by atoms with Gasteiger partial charge in [-0.05, 0) is 48.5 Å². The first-order chi connectivity index (χ1) is 15.4. The van der Waals surface area contributed by atoms with E-state index >= 15 is 0 Å². The average molecular weight is 672 g/mol. The summed E-state index contributed by atoms with van der Waals surface area (Å²) in [6.45, 7) is 0. The Balaban J connectivity index is 2.40. The van der Waals surface area contributed by atoms with E-state index in [1.165, 1.54) is 24.3 Å². The Morgan fingerprint density at radius 3 is 1.12 bits per heavy atom. The van der Waals surface area contributed by atoms with E-state index in [2.05, 4.69) is 0 Å². The van der Waals surface area contributed by atoms with Crippen molar-refractivity contribution in [3.05, 3.63) is 58.6 Å². The molecule has 0 bridgehead atoms. The van der Waals surface area contributed by atoms with Gasteiger partial charge in [0.1, 0.15) is 0 Å². The van der Waals surface area contributed by atoms with E-state index in [1.807, 2.05) is 10.6 Å². The Kier molecular flexibility index (Phi) is 9.87. The summed E-state index contributed by atoms with van der Waals surface area (Å²) < 4.78 is 46.9. The Morgan fingerprint density at radius 1 is 0.618 bits per heavy atom. The Bertz CT molecular complexity index is 1150. The summed E-state index contributed by atoms with van der Waals surface area (Å²) in [5, 5.41) is -0.0665. The number of hydrogen-bond donors (Lipinski definition) is 2. The van der Waals surface area contributed by atoms with Crippen LogP contribution in [-0.2, 0) is 19.7 Å². The lowest BCUT2D eigenvalue weighted by atomic mass is 10.4. The fourth-order valence-electron chi connectivity index (χ4n) is 2.47. The number of halogens is 8. The van der Waals surface area contributed by atoms with Gasteiger partial charge in [-0.2, -0.15) is 0 Å². The molecule has 2 aromatic rings. The monoisotopic (exact) mass is 668 g/mol. The molecule has 0 aliphatic carbocycles. The molecule has 0 aliphatic heterocycles. The van der Waals surface area contributed by atoms with Crippen LogP contribution in [0.25, 0.3) is 0 Å². The number of carbonyl (C=O) groups is 1. The van der Waals surface area contributed by atoms with Crippen LogP contribution in [0.4, 0.5) is 4.79 Å². The number of hydrogen-bond acceptors (Lipinski definition) is 5. The molecule has 0 aliphatic rings. The van der Waals surface area contributed by atoms with Gasteiger partial charge in [0.05, 0.1) is 9.79 Å². The van der Waals surface area contributed by atoms with Crippen molar-refractivity contribution in [1.29, 1.82) is 0 Å². The summed E-state index contributed by atoms with van der Waals surface area (Å²) in [5.41, 5.74) is 0. The average Bonchev–Trinajstić information content (AvgIpc) is 2.69. The number of sulfone groups is 2. The van der Waals surface area contributed by atoms with Gasteiger partial charge in [-0.15, -0.1) is 0 Å². The van der Waals surface area contributed by atoms with Gasteiger partial charge in [0.25, 0.3) is 0 Å². The highest BCUT2D eigenvalue weighted by Crippen LogP contribution is 2.38. The van der Waals surface area contributed by atoms with Crippen molar-refractivity contribution in [2.45, 2.75) is 28.1 Å². The third-order valence-electron chi connectivity index (χ3n) is 4.02. The van der Waals surface area contributed by atoms with Crippen molar-refractivity contribution >= 4 is 119 Å². The van der Waals surface area contributed by atoms with Crippen LogP contribution in [0, 0.1) is 0 Å². The molecule has 34 heavy (non-hydrogen) atoms. The zero-order valence-corrected chi connectivity index (χ0v) is 23.8. The van der Waals surface area contributed by atoms with Gasteiger partial charge in [-0.1, -0.05) is 92.8 Å². The highest BCUT2D eigenvalue weighted by atomic mass is 35.6. The molecular formula is C17H12Cl8N2O5S2. The number of alkyl halides is 6. The minimum absolute atomic E-state index is 0.230. The van der Waals surface area contributed by atoms with Gasteiger partial charge in [-0.25, -0.2) is 21.6 Å². The highest BCUT2D eigenvalue weighted by Gasteiger charge is 2.48. The second kappa shape index (κ2) is 11.1. The Labute approximate surface area is 235 Å². The molecule has 7 nitrogen and oxygen atoms in total. The third kappa shape index (κ3) is 7.47. The molecule has 188 valence electrons. The molecule has 2 rings (SSSR count). The lowest BCUT2D eigenvalue weighted by Gasteiger charge is -2.29. The predicted molar refractivity (Wildman–Crippen MR) is 137 cm³/mol. The number of urea groups is 1. The molecule has 0 fully saturated rings. The van der Waals surface area contributed by atoms with Crippen LogP contribution in [-0.4, -0.2) is 41.2 Å². The van der Waals surface area contributed by atoms with Gasteiger partial charge >= 0.3 is 6.03 Å². The highest BCUT2D eigenvalue weighted by molar-refractivity contribution is 7.92. The topological polar surface area (TPSA) is 109 Å². The van der Waals surface area contributed by atoms with Crippen molar-refractivity contribution in [2.24, 2.45) is 0 Å². The lowest BCUT2D eigenvalue weighted by Crippen LogP contribution is -2.57. The second-order valence-electron chi connectivity index (χ2n) is 6.46. The van der Waals surface area contributed by atoms with Crippen molar-refractivity contribution in [3.8, 4) is 0 Å². The number of carbonyl (C=O) groups excluding carboxylic acids is 1. The van der Waals surface area contributed by atoms with Crippen LogP contribution in [0.5, 0.6) is 0 Å². The summed E-state index contributed by atoms with van der Waals surface area (Å²) in [5.74, 6) is 0. The third-order valence-corrected chi connectivity index (χ3v) is 10.7. The summed E-state index contributed by atoms with van der Waals surface area (Å²) in [7, 11) is -9.05. The van der Waals surface area contributed by atoms with Crippen LogP contribution in [0.2, 0.25) is 10.0 Å². The van der Waals surface area contributed by atoms with E-state index in [1.54, 1.807) is 0 Å². The van der Waals surface area contributed by atoms with E-state index < -0.39 is 44.0 Å². The van der Waals surface area contributed by atoms with E-state index in [9.17, 15) is 21.6 Å². The van der Waals surface area contributed by atoms with Gasteiger partial charge in [0.2, 0.25) is 27.3 Å². The lowest BCUT2D eigenvalue weighted by molar-refractivity contribution is 0.238. The number of nitrogens with one attached hydrogen (secondary N) is 2. The standard InChI is InChI=1S/C17H12Cl8N2O5S2/c18-9-1-5-11(6-2-9)33(29,30)13(16(20,21)22)26-15(28)27-14(17(23,24)25)34(31,32)12-7-3-10(19)4-8-12/h1-8,13-14H,(H2,26,27,28)/t13-,14-/m0/s1. The van der Waals surface area contributed by atoms with Gasteiger partial charge < -0.3 is 10.6 Å². The first-order valence-electron chi connectivity index (χ1n) is 8.56. The molecule has 2 aromatic carbocycles. The first-order valence-corrected chi connectivity index (χ1v) is 14.7. The summed E-state index contributed by atoms with van der Waals surface area (Å²) in [6, 6.07) is 8.12. The summed E-state index contributed by atoms with van der Waals surface area (Å²) in [4.78, 5) is 12.0. The van der Waals surface area contributed by atoms with E-state index in [-0.39, 0.29) is 19.8 Å². The summed E-state index contributed by atoms with van der Waals surface area (Å²) >= 11 is 46.4. The molecule has 2 amide bonds. The SMILES string of the molecule is O=C(N[C@H](C(Cl)(Cl)Cl)S(=O)(=O)c1ccc(Cl)cc1)N[C@H](C(Cl)(Cl)Cl)S(=O)(=O)c1ccc(Cl)cc1. The maximum atomic E-state index is 13.0. The maximum Gasteiger partial charge on any atom is 0.317 e. The fraction of sp³-hybridized carbons (Fsp3) is 0.235. The van der Waals surface area contributed by atoms with Crippen molar-refractivity contribution < 1.29 is 21.6 Å². The first kappa shape index (κ1) is 30.2. The molecule has 2 atom stereocenters. The van der Waals surface area contributed by atoms with Gasteiger partial charge in [0, 0.05) is 10.0 Å². The van der Waals surface area contributed by atoms with Crippen LogP contribution < -0.4 is 10.6 Å². The van der Waals surface area contributed by atoms with Crippen molar-refractivity contribution in [1.82, 2.24) is 10.6 Å². The molecular weight excluding hydrogens is 660 g/mol. The molecule has 0 unspecified atom stereocenters. The van der Waals surface area contributed by atoms with Crippen molar-refractivity contribution in [2.75, 3.05) is 0 Å². The zero-order valence-electron chi connectivity index (χ0n) is 16.2. The molecule has 0 spiro atoms. The number of benzene rings is 2. The van der Waals surface area contributed by atoms with Gasteiger partial charge in [-0.3, -0.25) is 0 Å². The van der Waals surface area contributed by atoms with Crippen LogP contribution in [0.15, 0.2) is 58.3 Å². The zero-order chi connectivity index (χ0) is 26.1. The molecule has 0 aromatic heterocycles. The second-order valence-corrected chi connectivity index (χ2v) is 16.1. The van der Waals surface area contributed by atoms with E-state index in [0.717, 1.165) is 24.3 Å². The largest absolute Gasteiger partial charge is 0.317 e. The van der Waals surface area contributed by atoms with E-state index in [4.69, 9.17) is 92.8 Å². The normalized spacial score (nSPS) is 14.8. The number of rotatable bonds is 6. The minimum Gasteiger partial charge on any atom is -0.317 e. The maximum absolute atomic E-state index is 13.0. The molecule has 0 radical (unpaired) electrons. The predicted octanol–water partition coefficient (Wildman–Crippen LogP) is 5.93. The molecule has 0 saturated heterocycles. The molecule has 17 heteroatoms. The Morgan fingerprint density at radius 2 is 0.882 bits per heavy atom. The van der Waals surface area contributed by atoms with Crippen LogP contribution in [0.1, 0.15) is 0 Å². The number of amides is 2. The van der Waals surface area contributed by atoms with Crippen LogP contribution in [0.3, 0.4) is 0 Å². The van der Waals surface area contributed by atoms with Crippen LogP contribution >= 0.6 is 92.8 Å². The molecule has 2 N–H and O–H groups in total. The fourth-order valence-corrected chi connectivity index (χ4v) is 7.96. The van der Waals surface area contributed by atoms with Gasteiger partial charge in [0.15, 0.2) is 10.7 Å². The smallest absolute Gasteiger partial charge is 0.317 e. The molecule has 0 heterocycles. The molecule has 0 saturated carbocycles. The van der Waals surface area contributed by atoms with E-state index in [0.29, 0.717) is 0 Å². The minimum atomic E-state index is -4.52. The quantitative estimate of drug-likeness (QED) is 0.370. The van der Waals surface area contributed by atoms with Crippen molar-refractivity contribution in [3.63, 3.8) is 0 Å².